The van der Waals surface area contributed by atoms with Crippen LogP contribution in [0.1, 0.15) is 52.4 Å². The van der Waals surface area contributed by atoms with Crippen LogP contribution in [0.2, 0.25) is 0 Å². The Bertz CT molecular complexity index is 1370. The van der Waals surface area contributed by atoms with Crippen LogP contribution in [0.25, 0.3) is 0 Å². The number of aryl methyl sites for hydroxylation is 1. The molecule has 4 N–H and O–H groups in total. The highest BCUT2D eigenvalue weighted by atomic mass is 16.7. The number of phenolic OH excluding ortho intramolecular Hbond substituents is 1. The highest BCUT2D eigenvalue weighted by Crippen LogP contribution is 2.56. The lowest BCUT2D eigenvalue weighted by atomic mass is 9.72. The third-order valence-electron chi connectivity index (χ3n) is 8.23. The first-order chi connectivity index (χ1) is 17.8. The molecule has 1 fully saturated rings. The third-order valence-corrected chi connectivity index (χ3v) is 8.23. The number of esters is 1. The van der Waals surface area contributed by atoms with Gasteiger partial charge >= 0.3 is 5.97 Å². The molecule has 37 heavy (non-hydrogen) atoms. The van der Waals surface area contributed by atoms with E-state index < -0.39 is 12.0 Å². The van der Waals surface area contributed by atoms with Crippen LogP contribution in [-0.4, -0.2) is 54.5 Å². The number of nitrogens with one attached hydrogen (secondary N) is 1. The molecule has 4 heterocycles. The number of benzene rings is 2. The molecular formula is C27H30N4O6. The van der Waals surface area contributed by atoms with E-state index in [0.717, 1.165) is 27.8 Å². The fraction of sp³-hybridized carbons (Fsp3) is 0.481. The Hall–Kier alpha value is -3.52. The van der Waals surface area contributed by atoms with Gasteiger partial charge in [0.15, 0.2) is 23.0 Å². The highest BCUT2D eigenvalue weighted by Gasteiger charge is 2.54. The van der Waals surface area contributed by atoms with E-state index in [1.54, 1.807) is 7.11 Å². The number of nitrogens with zero attached hydrogens (tertiary/aromatic N) is 2. The van der Waals surface area contributed by atoms with Gasteiger partial charge in [0.2, 0.25) is 6.79 Å². The van der Waals surface area contributed by atoms with Gasteiger partial charge in [0.25, 0.3) is 0 Å². The van der Waals surface area contributed by atoms with Crippen LogP contribution in [0.15, 0.2) is 6.07 Å². The molecule has 0 radical (unpaired) electrons. The number of methoxy groups -OCH3 is 1. The second-order valence-electron chi connectivity index (χ2n) is 10.2. The molecule has 1 saturated heterocycles. The number of nitriles is 1. The molecule has 4 aliphatic rings. The fourth-order valence-corrected chi connectivity index (χ4v) is 6.93. The second-order valence-corrected chi connectivity index (χ2v) is 10.2. The van der Waals surface area contributed by atoms with E-state index in [-0.39, 0.29) is 43.3 Å². The summed E-state index contributed by atoms with van der Waals surface area (Å²) in [6.07, 6.45) is 1.03. The summed E-state index contributed by atoms with van der Waals surface area (Å²) < 4.78 is 23.0. The number of phenols is 1. The third kappa shape index (κ3) is 3.24. The molecule has 5 atom stereocenters. The molecule has 1 unspecified atom stereocenters. The molecule has 2 aromatic carbocycles. The maximum absolute atomic E-state index is 12.1. The number of nitrogens with two attached hydrogens (primary N) is 1. The molecule has 0 aromatic heterocycles. The maximum Gasteiger partial charge on any atom is 0.308 e. The van der Waals surface area contributed by atoms with Gasteiger partial charge in [-0.15, -0.1) is 0 Å². The van der Waals surface area contributed by atoms with Gasteiger partial charge in [0.05, 0.1) is 25.3 Å². The molecule has 10 heteroatoms. The zero-order chi connectivity index (χ0) is 26.2. The largest absolute Gasteiger partial charge is 0.504 e. The first-order valence-electron chi connectivity index (χ1n) is 12.5. The minimum absolute atomic E-state index is 0.0573. The Balaban J connectivity index is 1.59. The average Bonchev–Trinajstić information content (AvgIpc) is 3.36. The summed E-state index contributed by atoms with van der Waals surface area (Å²) in [5.41, 5.74) is 11.4. The molecule has 10 nitrogen and oxygen atoms in total. The average molecular weight is 507 g/mol. The number of piperazine rings is 1. The minimum atomic E-state index is -0.475. The topological polar surface area (TPSA) is 139 Å². The Morgan fingerprint density at radius 1 is 1.27 bits per heavy atom. The van der Waals surface area contributed by atoms with Crippen molar-refractivity contribution in [2.75, 3.05) is 20.4 Å². The number of carbonyl (C=O) groups excluding carboxylic acids is 1. The second kappa shape index (κ2) is 8.52. The maximum atomic E-state index is 12.1. The van der Waals surface area contributed by atoms with Crippen molar-refractivity contribution >= 4 is 5.97 Å². The van der Waals surface area contributed by atoms with Gasteiger partial charge in [-0.25, -0.2) is 0 Å². The molecule has 6 rings (SSSR count). The minimum Gasteiger partial charge on any atom is -0.504 e. The number of hydrogen-bond donors (Lipinski definition) is 3. The van der Waals surface area contributed by atoms with Gasteiger partial charge in [-0.1, -0.05) is 6.07 Å². The van der Waals surface area contributed by atoms with Crippen molar-refractivity contribution in [1.29, 1.82) is 5.26 Å². The van der Waals surface area contributed by atoms with E-state index in [9.17, 15) is 15.2 Å². The number of aromatic hydroxyl groups is 1. The van der Waals surface area contributed by atoms with Crippen molar-refractivity contribution in [3.8, 4) is 34.8 Å². The molecule has 0 saturated carbocycles. The number of hydrogen-bond acceptors (Lipinski definition) is 10. The van der Waals surface area contributed by atoms with Crippen LogP contribution in [0.4, 0.5) is 0 Å². The number of ether oxygens (including phenoxy) is 4. The van der Waals surface area contributed by atoms with Gasteiger partial charge in [-0.3, -0.25) is 9.69 Å². The number of fused-ring (bicyclic) bond motifs is 9. The van der Waals surface area contributed by atoms with Crippen LogP contribution in [0, 0.1) is 25.2 Å². The van der Waals surface area contributed by atoms with Crippen LogP contribution < -0.4 is 30.0 Å². The lowest BCUT2D eigenvalue weighted by molar-refractivity contribution is -0.132. The first kappa shape index (κ1) is 23.9. The van der Waals surface area contributed by atoms with Gasteiger partial charge in [0, 0.05) is 47.8 Å². The summed E-state index contributed by atoms with van der Waals surface area (Å²) in [7, 11) is 1.55. The number of rotatable bonds is 3. The fourth-order valence-electron chi connectivity index (χ4n) is 6.93. The van der Waals surface area contributed by atoms with Crippen LogP contribution in [0.3, 0.4) is 0 Å². The van der Waals surface area contributed by atoms with Gasteiger partial charge < -0.3 is 35.1 Å². The molecular weight excluding hydrogens is 476 g/mol. The van der Waals surface area contributed by atoms with Crippen LogP contribution in [-0.2, 0) is 17.6 Å². The summed E-state index contributed by atoms with van der Waals surface area (Å²) in [4.78, 5) is 14.3. The predicted molar refractivity (Wildman–Crippen MR) is 132 cm³/mol. The van der Waals surface area contributed by atoms with Crippen LogP contribution >= 0.6 is 0 Å². The normalized spacial score (nSPS) is 27.0. The molecule has 4 aliphatic heterocycles. The summed E-state index contributed by atoms with van der Waals surface area (Å²) in [6.45, 7) is 5.40. The quantitative estimate of drug-likeness (QED) is 0.419. The monoisotopic (exact) mass is 506 g/mol. The van der Waals surface area contributed by atoms with Gasteiger partial charge in [-0.2, -0.15) is 5.26 Å². The molecule has 2 bridgehead atoms. The van der Waals surface area contributed by atoms with Gasteiger partial charge in [-0.05, 0) is 37.8 Å². The van der Waals surface area contributed by atoms with E-state index in [2.05, 4.69) is 16.3 Å². The van der Waals surface area contributed by atoms with E-state index in [1.165, 1.54) is 6.92 Å². The molecule has 0 spiro atoms. The molecule has 0 amide bonds. The Morgan fingerprint density at radius 2 is 2.03 bits per heavy atom. The van der Waals surface area contributed by atoms with Crippen molar-refractivity contribution in [2.24, 2.45) is 5.73 Å². The highest BCUT2D eigenvalue weighted by molar-refractivity contribution is 5.74. The standard InChI is InChI=1S/C27H30N4O6/c1-11-5-14-6-16-18(8-28)31-17(22(30-16)20(14)23(33)24(11)34-4)7-15-21(19(31)9-29)27-26(35-10-36-27)12(2)25(15)37-13(3)32/h5,16-19,22,30,33H,6-7,9-10,29H2,1-4H3/t16-,17?,18+,19+,22+/m1/s1. The van der Waals surface area contributed by atoms with Crippen molar-refractivity contribution in [3.63, 3.8) is 0 Å². The summed E-state index contributed by atoms with van der Waals surface area (Å²) in [5.74, 6) is 1.70. The zero-order valence-electron chi connectivity index (χ0n) is 21.3. The SMILES string of the molecule is COc1c(C)cc2c(c1O)[C@H]1N[C@H](C2)[C@H](C#N)N2C1Cc1c(OC(C)=O)c(C)c3c(c1[C@@H]2CN)OCO3. The summed E-state index contributed by atoms with van der Waals surface area (Å²) >= 11 is 0. The smallest absolute Gasteiger partial charge is 0.308 e. The van der Waals surface area contributed by atoms with E-state index in [1.807, 2.05) is 19.9 Å². The molecule has 194 valence electrons. The Morgan fingerprint density at radius 3 is 2.70 bits per heavy atom. The Labute approximate surface area is 214 Å². The van der Waals surface area contributed by atoms with E-state index in [0.29, 0.717) is 41.4 Å². The van der Waals surface area contributed by atoms with Crippen LogP contribution in [0.5, 0.6) is 28.7 Å². The first-order valence-corrected chi connectivity index (χ1v) is 12.5. The Kier molecular flexibility index (Phi) is 5.49. The van der Waals surface area contributed by atoms with Crippen molar-refractivity contribution in [2.45, 2.75) is 63.8 Å². The zero-order valence-corrected chi connectivity index (χ0v) is 21.3. The van der Waals surface area contributed by atoms with E-state index >= 15 is 0 Å². The van der Waals surface area contributed by atoms with Gasteiger partial charge in [0.1, 0.15) is 11.8 Å². The molecule has 2 aromatic rings. The number of carbonyl (C=O) groups is 1. The van der Waals surface area contributed by atoms with Crippen molar-refractivity contribution < 1.29 is 28.8 Å². The predicted octanol–water partition coefficient (Wildman–Crippen LogP) is 2.06. The van der Waals surface area contributed by atoms with E-state index in [4.69, 9.17) is 24.7 Å². The lowest BCUT2D eigenvalue weighted by Gasteiger charge is -2.56. The summed E-state index contributed by atoms with van der Waals surface area (Å²) in [6, 6.07) is 2.99. The lowest BCUT2D eigenvalue weighted by Crippen LogP contribution is -2.68. The molecule has 0 aliphatic carbocycles. The summed E-state index contributed by atoms with van der Waals surface area (Å²) in [5, 5.41) is 25.4. The van der Waals surface area contributed by atoms with Crippen molar-refractivity contribution in [1.82, 2.24) is 10.2 Å². The van der Waals surface area contributed by atoms with Crippen molar-refractivity contribution in [3.05, 3.63) is 39.4 Å².